The summed E-state index contributed by atoms with van der Waals surface area (Å²) in [4.78, 5) is 23.2. The van der Waals surface area contributed by atoms with Gasteiger partial charge in [-0.15, -0.1) is 0 Å². The molecule has 0 spiro atoms. The van der Waals surface area contributed by atoms with Gasteiger partial charge in [-0.3, -0.25) is 13.8 Å². The molecule has 0 aliphatic rings. The molecule has 0 aromatic carbocycles. The summed E-state index contributed by atoms with van der Waals surface area (Å²) in [5, 5.41) is 14.0. The van der Waals surface area contributed by atoms with Crippen LogP contribution in [0.5, 0.6) is 0 Å². The summed E-state index contributed by atoms with van der Waals surface area (Å²) in [5.74, 6) is -0.140. The molecule has 0 aliphatic heterocycles. The minimum absolute atomic E-state index is 0.0788. The lowest BCUT2D eigenvalue weighted by atomic mass is 10.0. The van der Waals surface area contributed by atoms with E-state index in [2.05, 4.69) is 19.2 Å². The van der Waals surface area contributed by atoms with Gasteiger partial charge in [0.1, 0.15) is 13.2 Å². The van der Waals surface area contributed by atoms with Crippen LogP contribution in [0.1, 0.15) is 271 Å². The predicted octanol–water partition coefficient (Wildman–Crippen LogP) is 15.3. The number of nitrogens with zero attached hydrogens (tertiary/aromatic N) is 1. The summed E-state index contributed by atoms with van der Waals surface area (Å²) in [6, 6.07) is -0.753. The van der Waals surface area contributed by atoms with Gasteiger partial charge in [0.2, 0.25) is 5.91 Å². The van der Waals surface area contributed by atoms with Crippen molar-refractivity contribution in [2.45, 2.75) is 283 Å². The van der Waals surface area contributed by atoms with Crippen LogP contribution in [-0.2, 0) is 18.4 Å². The van der Waals surface area contributed by atoms with Crippen molar-refractivity contribution >= 4 is 13.7 Å². The van der Waals surface area contributed by atoms with E-state index in [9.17, 15) is 19.4 Å². The maximum atomic E-state index is 12.9. The Morgan fingerprint density at radius 3 is 1.12 bits per heavy atom. The minimum Gasteiger partial charge on any atom is -0.391 e. The number of amides is 1. The number of rotatable bonds is 49. The van der Waals surface area contributed by atoms with Crippen LogP contribution in [0.3, 0.4) is 0 Å². The SMILES string of the molecule is CCCCCCCCCCCCCCCCCCCCCCCCCCCCC(O)C(COP(=O)(O)OCC[N+](C)(C)C)NC(=O)CCCCCCCCCCCCCC. The lowest BCUT2D eigenvalue weighted by molar-refractivity contribution is -0.870. The van der Waals surface area contributed by atoms with Gasteiger partial charge in [-0.05, 0) is 12.8 Å². The molecule has 1 amide bonds. The molecule has 0 fully saturated rings. The van der Waals surface area contributed by atoms with Crippen LogP contribution in [0.15, 0.2) is 0 Å². The number of phosphoric ester groups is 1. The van der Waals surface area contributed by atoms with Crippen LogP contribution in [-0.4, -0.2) is 73.4 Å². The summed E-state index contributed by atoms with van der Waals surface area (Å²) < 4.78 is 23.7. The largest absolute Gasteiger partial charge is 0.472 e. The first-order chi connectivity index (χ1) is 29.0. The van der Waals surface area contributed by atoms with Crippen molar-refractivity contribution in [3.05, 3.63) is 0 Å². The first-order valence-corrected chi connectivity index (χ1v) is 27.9. The van der Waals surface area contributed by atoms with Gasteiger partial charge in [-0.1, -0.05) is 251 Å². The highest BCUT2D eigenvalue weighted by Gasteiger charge is 2.28. The van der Waals surface area contributed by atoms with Crippen molar-refractivity contribution in [3.63, 3.8) is 0 Å². The third-order valence-electron chi connectivity index (χ3n) is 12.4. The Bertz CT molecular complexity index is 947. The van der Waals surface area contributed by atoms with Crippen molar-refractivity contribution in [1.82, 2.24) is 5.32 Å². The molecule has 0 saturated carbocycles. The van der Waals surface area contributed by atoms with Gasteiger partial charge in [0.15, 0.2) is 0 Å². The molecule has 0 aliphatic carbocycles. The molecule has 0 heterocycles. The second kappa shape index (κ2) is 43.7. The van der Waals surface area contributed by atoms with E-state index >= 15 is 0 Å². The quantitative estimate of drug-likeness (QED) is 0.0319. The van der Waals surface area contributed by atoms with Gasteiger partial charge in [0.05, 0.1) is 39.9 Å². The third kappa shape index (κ3) is 45.5. The van der Waals surface area contributed by atoms with Crippen LogP contribution in [0.2, 0.25) is 0 Å². The first kappa shape index (κ1) is 59.5. The molecular weight excluding hydrogens is 768 g/mol. The number of carbonyl (C=O) groups excluding carboxylic acids is 1. The zero-order valence-electron chi connectivity index (χ0n) is 41.0. The molecule has 60 heavy (non-hydrogen) atoms. The van der Waals surface area contributed by atoms with Gasteiger partial charge in [-0.2, -0.15) is 0 Å². The maximum absolute atomic E-state index is 12.9. The maximum Gasteiger partial charge on any atom is 0.472 e. The van der Waals surface area contributed by atoms with Crippen molar-refractivity contribution in [3.8, 4) is 0 Å². The van der Waals surface area contributed by atoms with E-state index in [4.69, 9.17) is 9.05 Å². The summed E-state index contributed by atoms with van der Waals surface area (Å²) in [6.45, 7) is 4.92. The predicted molar refractivity (Wildman–Crippen MR) is 259 cm³/mol. The molecule has 0 aromatic rings. The Kier molecular flexibility index (Phi) is 43.4. The lowest BCUT2D eigenvalue weighted by Crippen LogP contribution is -2.46. The highest BCUT2D eigenvalue weighted by atomic mass is 31.2. The Labute approximate surface area is 374 Å². The second-order valence-electron chi connectivity index (χ2n) is 19.6. The molecule has 0 bridgehead atoms. The van der Waals surface area contributed by atoms with Crippen molar-refractivity contribution in [2.24, 2.45) is 0 Å². The molecular formula is C51H106N2O6P+. The van der Waals surface area contributed by atoms with Crippen LogP contribution in [0.4, 0.5) is 0 Å². The molecule has 3 atom stereocenters. The number of hydrogen-bond donors (Lipinski definition) is 3. The summed E-state index contributed by atoms with van der Waals surface area (Å²) in [5.41, 5.74) is 0. The number of quaternary nitrogens is 1. The number of nitrogens with one attached hydrogen (secondary N) is 1. The number of phosphoric acid groups is 1. The molecule has 0 radical (unpaired) electrons. The molecule has 0 saturated heterocycles. The number of unbranched alkanes of at least 4 members (excludes halogenated alkanes) is 36. The van der Waals surface area contributed by atoms with Gasteiger partial charge < -0.3 is 19.8 Å². The normalized spacial score (nSPS) is 14.1. The van der Waals surface area contributed by atoms with Gasteiger partial charge in [-0.25, -0.2) is 4.57 Å². The number of hydrogen-bond acceptors (Lipinski definition) is 5. The van der Waals surface area contributed by atoms with Gasteiger partial charge in [0.25, 0.3) is 0 Å². The van der Waals surface area contributed by atoms with E-state index in [-0.39, 0.29) is 19.1 Å². The van der Waals surface area contributed by atoms with E-state index in [1.165, 1.54) is 205 Å². The molecule has 360 valence electrons. The number of aliphatic hydroxyl groups is 1. The zero-order chi connectivity index (χ0) is 44.3. The van der Waals surface area contributed by atoms with Gasteiger partial charge in [0, 0.05) is 6.42 Å². The first-order valence-electron chi connectivity index (χ1n) is 26.4. The second-order valence-corrected chi connectivity index (χ2v) is 21.1. The van der Waals surface area contributed by atoms with Crippen LogP contribution in [0, 0.1) is 0 Å². The topological polar surface area (TPSA) is 105 Å². The van der Waals surface area contributed by atoms with E-state index in [1.807, 2.05) is 21.1 Å². The van der Waals surface area contributed by atoms with Gasteiger partial charge >= 0.3 is 7.82 Å². The van der Waals surface area contributed by atoms with E-state index < -0.39 is 20.0 Å². The fourth-order valence-electron chi connectivity index (χ4n) is 8.17. The summed E-state index contributed by atoms with van der Waals surface area (Å²) >= 11 is 0. The van der Waals surface area contributed by atoms with E-state index in [1.54, 1.807) is 0 Å². The van der Waals surface area contributed by atoms with Crippen LogP contribution in [0.25, 0.3) is 0 Å². The molecule has 0 aromatic heterocycles. The smallest absolute Gasteiger partial charge is 0.391 e. The van der Waals surface area contributed by atoms with E-state index in [0.29, 0.717) is 23.9 Å². The Balaban J connectivity index is 4.09. The number of carbonyl (C=O) groups is 1. The Morgan fingerprint density at radius 2 is 0.800 bits per heavy atom. The van der Waals surface area contributed by atoms with Crippen LogP contribution >= 0.6 is 7.82 Å². The highest BCUT2D eigenvalue weighted by molar-refractivity contribution is 7.47. The Hall–Kier alpha value is -0.500. The average molecular weight is 874 g/mol. The van der Waals surface area contributed by atoms with Crippen molar-refractivity contribution in [2.75, 3.05) is 40.9 Å². The number of likely N-dealkylation sites (N-methyl/N-ethyl adjacent to an activating group) is 1. The standard InChI is InChI=1S/C51H105N2O6P/c1-6-8-10-12-14-16-18-20-21-22-23-24-25-26-27-28-29-30-31-32-33-34-36-38-40-42-44-50(54)49(48-59-60(56,57)58-47-46-53(3,4)5)52-51(55)45-43-41-39-37-35-19-17-15-13-11-9-7-2/h49-50,54H,6-48H2,1-5H3,(H-,52,55,56,57)/p+1. The van der Waals surface area contributed by atoms with E-state index in [0.717, 1.165) is 38.5 Å². The van der Waals surface area contributed by atoms with Crippen molar-refractivity contribution in [1.29, 1.82) is 0 Å². The molecule has 3 N–H and O–H groups in total. The third-order valence-corrected chi connectivity index (χ3v) is 13.3. The lowest BCUT2D eigenvalue weighted by Gasteiger charge is -2.26. The molecule has 9 heteroatoms. The van der Waals surface area contributed by atoms with Crippen molar-refractivity contribution < 1.29 is 32.9 Å². The monoisotopic (exact) mass is 874 g/mol. The fraction of sp³-hybridized carbons (Fsp3) is 0.980. The summed E-state index contributed by atoms with van der Waals surface area (Å²) in [6.07, 6.45) is 50.1. The fourth-order valence-corrected chi connectivity index (χ4v) is 8.90. The number of aliphatic hydroxyl groups excluding tert-OH is 1. The molecule has 0 rings (SSSR count). The average Bonchev–Trinajstić information content (AvgIpc) is 3.20. The highest BCUT2D eigenvalue weighted by Crippen LogP contribution is 2.43. The van der Waals surface area contributed by atoms with Crippen LogP contribution < -0.4 is 5.32 Å². The summed E-state index contributed by atoms with van der Waals surface area (Å²) in [7, 11) is 1.63. The zero-order valence-corrected chi connectivity index (χ0v) is 41.9. The minimum atomic E-state index is -4.31. The molecule has 8 nitrogen and oxygen atoms in total. The Morgan fingerprint density at radius 1 is 0.500 bits per heavy atom. The molecule has 3 unspecified atom stereocenters.